The molecule has 0 saturated carbocycles. The Morgan fingerprint density at radius 2 is 2.00 bits per heavy atom. The van der Waals surface area contributed by atoms with Crippen molar-refractivity contribution in [2.45, 2.75) is 57.7 Å². The largest absolute Gasteiger partial charge is 0.446 e. The summed E-state index contributed by atoms with van der Waals surface area (Å²) in [6, 6.07) is 9.25. The van der Waals surface area contributed by atoms with Crippen LogP contribution in [-0.2, 0) is 32.5 Å². The molecule has 5 aliphatic heterocycles. The highest BCUT2D eigenvalue weighted by molar-refractivity contribution is 5.86. The number of rotatable bonds is 3. The van der Waals surface area contributed by atoms with Gasteiger partial charge in [-0.25, -0.2) is 0 Å². The molecular formula is C24H30N2O4. The molecule has 0 spiro atoms. The minimum Gasteiger partial charge on any atom is -0.446 e. The van der Waals surface area contributed by atoms with Gasteiger partial charge in [0.15, 0.2) is 12.5 Å². The quantitative estimate of drug-likeness (QED) is 0.726. The SMILES string of the molecule is CCC1[C@@H](OC(C)=O)N2[C@H]3C[C@@H]1[C@@H](C1OCCO1)[C@@H]2Cc1c3n(C)c2ccccc12. The van der Waals surface area contributed by atoms with E-state index in [4.69, 9.17) is 14.2 Å². The van der Waals surface area contributed by atoms with Crippen LogP contribution in [0.1, 0.15) is 44.0 Å². The number of benzene rings is 1. The summed E-state index contributed by atoms with van der Waals surface area (Å²) in [4.78, 5) is 14.6. The lowest BCUT2D eigenvalue weighted by Crippen LogP contribution is -2.69. The lowest BCUT2D eigenvalue weighted by Gasteiger charge is -2.63. The zero-order chi connectivity index (χ0) is 20.6. The molecule has 7 rings (SSSR count). The lowest BCUT2D eigenvalue weighted by molar-refractivity contribution is -0.261. The molecule has 4 saturated heterocycles. The average Bonchev–Trinajstić information content (AvgIpc) is 3.35. The third-order valence-electron chi connectivity index (χ3n) is 8.10. The Hall–Kier alpha value is -1.89. The minimum absolute atomic E-state index is 0.146. The van der Waals surface area contributed by atoms with Gasteiger partial charge in [-0.2, -0.15) is 0 Å². The van der Waals surface area contributed by atoms with E-state index in [1.54, 1.807) is 0 Å². The van der Waals surface area contributed by atoms with Crippen LogP contribution in [0.15, 0.2) is 24.3 Å². The van der Waals surface area contributed by atoms with Gasteiger partial charge in [0, 0.05) is 48.4 Å². The molecule has 6 heterocycles. The number of aryl methyl sites for hydroxylation is 1. The second-order valence-corrected chi connectivity index (χ2v) is 9.33. The first-order chi connectivity index (χ1) is 14.6. The van der Waals surface area contributed by atoms with Crippen molar-refractivity contribution >= 4 is 16.9 Å². The maximum atomic E-state index is 12.1. The molecule has 160 valence electrons. The second-order valence-electron chi connectivity index (χ2n) is 9.33. The third-order valence-corrected chi connectivity index (χ3v) is 8.10. The molecule has 2 unspecified atom stereocenters. The summed E-state index contributed by atoms with van der Waals surface area (Å²) >= 11 is 0. The van der Waals surface area contributed by atoms with Crippen LogP contribution in [0.4, 0.5) is 0 Å². The Kier molecular flexibility index (Phi) is 4.28. The number of esters is 1. The number of carbonyl (C=O) groups is 1. The molecule has 1 aromatic carbocycles. The van der Waals surface area contributed by atoms with Gasteiger partial charge in [-0.3, -0.25) is 9.69 Å². The Morgan fingerprint density at radius 3 is 2.73 bits per heavy atom. The Labute approximate surface area is 177 Å². The molecule has 30 heavy (non-hydrogen) atoms. The monoisotopic (exact) mass is 410 g/mol. The second kappa shape index (κ2) is 6.81. The number of nitrogens with zero attached hydrogens (tertiary/aromatic N) is 2. The fourth-order valence-electron chi connectivity index (χ4n) is 7.15. The van der Waals surface area contributed by atoms with Gasteiger partial charge in [0.25, 0.3) is 0 Å². The predicted molar refractivity (Wildman–Crippen MR) is 112 cm³/mol. The Bertz CT molecular complexity index is 994. The number of para-hydroxylation sites is 1. The molecule has 0 aliphatic carbocycles. The topological polar surface area (TPSA) is 52.9 Å². The van der Waals surface area contributed by atoms with Gasteiger partial charge in [0.05, 0.1) is 19.3 Å². The summed E-state index contributed by atoms with van der Waals surface area (Å²) in [7, 11) is 2.18. The molecule has 1 aromatic heterocycles. The van der Waals surface area contributed by atoms with Gasteiger partial charge < -0.3 is 18.8 Å². The van der Waals surface area contributed by atoms with E-state index in [-0.39, 0.29) is 30.6 Å². The van der Waals surface area contributed by atoms with Crippen LogP contribution >= 0.6 is 0 Å². The van der Waals surface area contributed by atoms with E-state index in [2.05, 4.69) is 47.7 Å². The Morgan fingerprint density at radius 1 is 1.23 bits per heavy atom. The number of piperidine rings is 3. The van der Waals surface area contributed by atoms with Crippen LogP contribution in [0.5, 0.6) is 0 Å². The molecule has 4 fully saturated rings. The van der Waals surface area contributed by atoms with Crippen molar-refractivity contribution in [3.05, 3.63) is 35.5 Å². The zero-order valence-corrected chi connectivity index (χ0v) is 17.9. The van der Waals surface area contributed by atoms with E-state index in [1.165, 1.54) is 29.1 Å². The number of carbonyl (C=O) groups excluding carboxylic acids is 1. The first-order valence-corrected chi connectivity index (χ1v) is 11.3. The molecule has 6 nitrogen and oxygen atoms in total. The number of ether oxygens (including phenoxy) is 3. The van der Waals surface area contributed by atoms with E-state index >= 15 is 0 Å². The Balaban J connectivity index is 1.52. The van der Waals surface area contributed by atoms with Gasteiger partial charge in [0.1, 0.15) is 0 Å². The molecule has 2 aromatic rings. The fraction of sp³-hybridized carbons (Fsp3) is 0.625. The maximum Gasteiger partial charge on any atom is 0.304 e. The van der Waals surface area contributed by atoms with Crippen molar-refractivity contribution < 1.29 is 19.0 Å². The highest BCUT2D eigenvalue weighted by atomic mass is 16.7. The molecule has 0 radical (unpaired) electrons. The van der Waals surface area contributed by atoms with Gasteiger partial charge in [0.2, 0.25) is 0 Å². The fourth-order valence-corrected chi connectivity index (χ4v) is 7.15. The van der Waals surface area contributed by atoms with E-state index in [0.29, 0.717) is 31.0 Å². The summed E-state index contributed by atoms with van der Waals surface area (Å²) in [6.45, 7) is 5.10. The number of fused-ring (bicyclic) bond motifs is 4. The highest BCUT2D eigenvalue weighted by Gasteiger charge is 2.62. The van der Waals surface area contributed by atoms with Crippen LogP contribution in [0.25, 0.3) is 10.9 Å². The molecule has 4 bridgehead atoms. The first kappa shape index (κ1) is 18.8. The molecular weight excluding hydrogens is 380 g/mol. The summed E-state index contributed by atoms with van der Waals surface area (Å²) in [5.41, 5.74) is 4.14. The lowest BCUT2D eigenvalue weighted by atomic mass is 9.60. The maximum absolute atomic E-state index is 12.1. The van der Waals surface area contributed by atoms with E-state index in [0.717, 1.165) is 19.3 Å². The van der Waals surface area contributed by atoms with Crippen LogP contribution in [0.2, 0.25) is 0 Å². The summed E-state index contributed by atoms with van der Waals surface area (Å²) in [5.74, 6) is 0.864. The molecule has 0 amide bonds. The van der Waals surface area contributed by atoms with Crippen LogP contribution < -0.4 is 0 Å². The third kappa shape index (κ3) is 2.44. The first-order valence-electron chi connectivity index (χ1n) is 11.3. The molecule has 0 N–H and O–H groups in total. The highest BCUT2D eigenvalue weighted by Crippen LogP contribution is 2.59. The minimum atomic E-state index is -0.189. The average molecular weight is 411 g/mol. The smallest absolute Gasteiger partial charge is 0.304 e. The number of hydrogen-bond acceptors (Lipinski definition) is 5. The van der Waals surface area contributed by atoms with Crippen molar-refractivity contribution in [1.82, 2.24) is 9.47 Å². The van der Waals surface area contributed by atoms with Crippen LogP contribution in [0, 0.1) is 17.8 Å². The van der Waals surface area contributed by atoms with Crippen molar-refractivity contribution in [2.75, 3.05) is 13.2 Å². The van der Waals surface area contributed by atoms with Crippen LogP contribution in [-0.4, -0.2) is 47.2 Å². The molecule has 7 atom stereocenters. The van der Waals surface area contributed by atoms with Gasteiger partial charge in [-0.05, 0) is 36.8 Å². The molecule has 5 aliphatic rings. The van der Waals surface area contributed by atoms with Crippen molar-refractivity contribution in [2.24, 2.45) is 24.8 Å². The summed E-state index contributed by atoms with van der Waals surface area (Å²) in [5, 5.41) is 1.35. The van der Waals surface area contributed by atoms with E-state index in [9.17, 15) is 4.79 Å². The van der Waals surface area contributed by atoms with Gasteiger partial charge in [-0.15, -0.1) is 0 Å². The van der Waals surface area contributed by atoms with Crippen molar-refractivity contribution in [3.63, 3.8) is 0 Å². The summed E-state index contributed by atoms with van der Waals surface area (Å²) < 4.78 is 20.5. The standard InChI is InChI=1S/C24H30N2O4/c1-4-14-16-11-20-22-17(15-7-5-6-8-18(15)25(22)3)12-19(21(16)24-28-9-10-29-24)26(20)23(14)30-13(2)27/h5-8,14,16,19-21,23-24H,4,9-12H2,1-3H3/t14?,16-,19-,20-,21+,23+/m0/s1. The van der Waals surface area contributed by atoms with Gasteiger partial charge in [-0.1, -0.05) is 25.1 Å². The van der Waals surface area contributed by atoms with Crippen LogP contribution in [0.3, 0.4) is 0 Å². The van der Waals surface area contributed by atoms with Crippen molar-refractivity contribution in [1.29, 1.82) is 0 Å². The summed E-state index contributed by atoms with van der Waals surface area (Å²) in [6.07, 6.45) is 2.70. The normalized spacial score (nSPS) is 37.5. The van der Waals surface area contributed by atoms with E-state index < -0.39 is 0 Å². The zero-order valence-electron chi connectivity index (χ0n) is 17.9. The number of hydrogen-bond donors (Lipinski definition) is 0. The van der Waals surface area contributed by atoms with Gasteiger partial charge >= 0.3 is 5.97 Å². The van der Waals surface area contributed by atoms with Crippen molar-refractivity contribution in [3.8, 4) is 0 Å². The predicted octanol–water partition coefficient (Wildman–Crippen LogP) is 3.38. The molecule has 6 heteroatoms. The van der Waals surface area contributed by atoms with E-state index in [1.807, 2.05) is 0 Å². The number of aromatic nitrogens is 1.